The molecule has 0 aliphatic rings. The van der Waals surface area contributed by atoms with Crippen LogP contribution in [-0.4, -0.2) is 12.4 Å². The molecule has 0 saturated heterocycles. The second-order valence-corrected chi connectivity index (χ2v) is 1.80. The summed E-state index contributed by atoms with van der Waals surface area (Å²) in [4.78, 5) is 0. The monoisotopic (exact) mass is 182 g/mol. The number of halogens is 6. The number of rotatable bonds is 1. The maximum atomic E-state index is 11.8. The minimum atomic E-state index is -5.61. The Hall–Kier alpha value is -0.420. The SMILES string of the molecule is [2H]C([2H])(C)C(C(F)(F)F)C(F)(F)F. The molecule has 0 aliphatic heterocycles. The van der Waals surface area contributed by atoms with Crippen molar-refractivity contribution in [1.82, 2.24) is 0 Å². The Balaban J connectivity index is 5.02. The van der Waals surface area contributed by atoms with E-state index in [4.69, 9.17) is 2.74 Å². The van der Waals surface area contributed by atoms with Crippen molar-refractivity contribution >= 4 is 0 Å². The van der Waals surface area contributed by atoms with Crippen LogP contribution in [0.5, 0.6) is 0 Å². The van der Waals surface area contributed by atoms with Crippen LogP contribution >= 0.6 is 0 Å². The predicted molar refractivity (Wildman–Crippen MR) is 25.9 cm³/mol. The first kappa shape index (κ1) is 7.24. The summed E-state index contributed by atoms with van der Waals surface area (Å²) in [6, 6.07) is 0. The molecule has 11 heavy (non-hydrogen) atoms. The van der Waals surface area contributed by atoms with Crippen molar-refractivity contribution < 1.29 is 29.1 Å². The van der Waals surface area contributed by atoms with Crippen LogP contribution in [0.25, 0.3) is 0 Å². The van der Waals surface area contributed by atoms with Gasteiger partial charge in [-0.2, -0.15) is 26.3 Å². The Kier molecular flexibility index (Phi) is 1.91. The second-order valence-electron chi connectivity index (χ2n) is 1.80. The molecule has 0 aromatic heterocycles. The highest BCUT2D eigenvalue weighted by atomic mass is 19.4. The zero-order valence-electron chi connectivity index (χ0n) is 7.35. The fourth-order valence-electron chi connectivity index (χ4n) is 0.513. The van der Waals surface area contributed by atoms with Crippen LogP contribution in [0, 0.1) is 5.92 Å². The first-order chi connectivity index (χ1) is 5.37. The van der Waals surface area contributed by atoms with Crippen LogP contribution in [0.3, 0.4) is 0 Å². The van der Waals surface area contributed by atoms with E-state index in [1.165, 1.54) is 0 Å². The summed E-state index contributed by atoms with van der Waals surface area (Å²) in [5.41, 5.74) is 0. The zero-order valence-corrected chi connectivity index (χ0v) is 5.35. The Morgan fingerprint density at radius 1 is 1.09 bits per heavy atom. The van der Waals surface area contributed by atoms with E-state index < -0.39 is 24.6 Å². The summed E-state index contributed by atoms with van der Waals surface area (Å²) < 4.78 is 83.4. The highest BCUT2D eigenvalue weighted by Crippen LogP contribution is 2.40. The predicted octanol–water partition coefficient (Wildman–Crippen LogP) is 3.14. The minimum Gasteiger partial charge on any atom is -0.170 e. The van der Waals surface area contributed by atoms with E-state index >= 15 is 0 Å². The summed E-state index contributed by atoms with van der Waals surface area (Å²) in [5.74, 6) is -3.94. The van der Waals surface area contributed by atoms with E-state index in [0.29, 0.717) is 0 Å². The molecule has 0 radical (unpaired) electrons. The number of hydrogen-bond donors (Lipinski definition) is 0. The van der Waals surface area contributed by atoms with Crippen molar-refractivity contribution in [1.29, 1.82) is 0 Å². The molecule has 68 valence electrons. The number of alkyl halides is 6. The first-order valence-electron chi connectivity index (χ1n) is 3.50. The highest BCUT2D eigenvalue weighted by Gasteiger charge is 2.55. The van der Waals surface area contributed by atoms with Gasteiger partial charge in [0.1, 0.15) is 5.92 Å². The Bertz CT molecular complexity index is 142. The van der Waals surface area contributed by atoms with Gasteiger partial charge >= 0.3 is 12.4 Å². The van der Waals surface area contributed by atoms with Gasteiger partial charge in [-0.05, 0) is 6.37 Å². The summed E-state index contributed by atoms with van der Waals surface area (Å²) in [7, 11) is 0. The lowest BCUT2D eigenvalue weighted by Gasteiger charge is -2.20. The molecular formula is C5H6F6. The molecule has 0 heterocycles. The van der Waals surface area contributed by atoms with Gasteiger partial charge in [0.25, 0.3) is 0 Å². The van der Waals surface area contributed by atoms with Crippen LogP contribution < -0.4 is 0 Å². The van der Waals surface area contributed by atoms with Gasteiger partial charge in [0.2, 0.25) is 0 Å². The first-order valence-corrected chi connectivity index (χ1v) is 2.50. The zero-order chi connectivity index (χ0) is 11.1. The van der Waals surface area contributed by atoms with Gasteiger partial charge in [0.05, 0.1) is 0 Å². The molecule has 0 aliphatic carbocycles. The van der Waals surface area contributed by atoms with Crippen molar-refractivity contribution in [2.24, 2.45) is 5.92 Å². The van der Waals surface area contributed by atoms with Crippen LogP contribution in [0.1, 0.15) is 16.0 Å². The average molecular weight is 182 g/mol. The van der Waals surface area contributed by atoms with Crippen molar-refractivity contribution in [3.63, 3.8) is 0 Å². The highest BCUT2D eigenvalue weighted by molar-refractivity contribution is 4.73. The molecule has 0 atom stereocenters. The molecule has 0 fully saturated rings. The van der Waals surface area contributed by atoms with E-state index in [1.54, 1.807) is 0 Å². The van der Waals surface area contributed by atoms with E-state index in [0.717, 1.165) is 0 Å². The minimum absolute atomic E-state index is 0.249. The van der Waals surface area contributed by atoms with Crippen LogP contribution in [0.4, 0.5) is 26.3 Å². The summed E-state index contributed by atoms with van der Waals surface area (Å²) in [5, 5.41) is 0. The third-order valence-corrected chi connectivity index (χ3v) is 0.943. The largest absolute Gasteiger partial charge is 0.400 e. The molecule has 0 unspecified atom stereocenters. The summed E-state index contributed by atoms with van der Waals surface area (Å²) in [6.45, 7) is 0.249. The van der Waals surface area contributed by atoms with Crippen LogP contribution in [0.15, 0.2) is 0 Å². The van der Waals surface area contributed by atoms with E-state index in [-0.39, 0.29) is 6.92 Å². The molecule has 0 aromatic carbocycles. The van der Waals surface area contributed by atoms with Crippen molar-refractivity contribution in [2.75, 3.05) is 0 Å². The van der Waals surface area contributed by atoms with Gasteiger partial charge in [0, 0.05) is 2.74 Å². The fraction of sp³-hybridized carbons (Fsp3) is 1.00. The molecule has 0 rings (SSSR count). The van der Waals surface area contributed by atoms with Crippen molar-refractivity contribution in [3.05, 3.63) is 0 Å². The lowest BCUT2D eigenvalue weighted by Crippen LogP contribution is -2.35. The number of hydrogen-bond acceptors (Lipinski definition) is 0. The average Bonchev–Trinajstić information content (AvgIpc) is 1.44. The Morgan fingerprint density at radius 3 is 1.36 bits per heavy atom. The third-order valence-electron chi connectivity index (χ3n) is 0.943. The van der Waals surface area contributed by atoms with Crippen molar-refractivity contribution in [2.45, 2.75) is 25.6 Å². The van der Waals surface area contributed by atoms with Gasteiger partial charge in [0.15, 0.2) is 0 Å². The lowest BCUT2D eigenvalue weighted by atomic mass is 10.1. The molecule has 0 amide bonds. The molecular weight excluding hydrogens is 174 g/mol. The maximum absolute atomic E-state index is 11.8. The normalized spacial score (nSPS) is 18.2. The molecule has 0 bridgehead atoms. The van der Waals surface area contributed by atoms with Gasteiger partial charge in [-0.1, -0.05) is 6.92 Å². The molecule has 0 nitrogen and oxygen atoms in total. The second kappa shape index (κ2) is 2.91. The standard InChI is InChI=1S/C5H6F6/c1-2-3(4(6,7)8)5(9,10)11/h3H,2H2,1H3/i2D2. The molecule has 0 saturated carbocycles. The maximum Gasteiger partial charge on any atom is 0.400 e. The van der Waals surface area contributed by atoms with Gasteiger partial charge in [-0.3, -0.25) is 0 Å². The molecule has 0 spiro atoms. The van der Waals surface area contributed by atoms with Gasteiger partial charge in [-0.15, -0.1) is 0 Å². The summed E-state index contributed by atoms with van der Waals surface area (Å²) >= 11 is 0. The Labute approximate surface area is 62.0 Å². The molecule has 0 N–H and O–H groups in total. The van der Waals surface area contributed by atoms with Crippen molar-refractivity contribution in [3.8, 4) is 0 Å². The smallest absolute Gasteiger partial charge is 0.170 e. The molecule has 6 heteroatoms. The van der Waals surface area contributed by atoms with E-state index in [1.807, 2.05) is 0 Å². The van der Waals surface area contributed by atoms with Gasteiger partial charge < -0.3 is 0 Å². The van der Waals surface area contributed by atoms with Crippen LogP contribution in [-0.2, 0) is 0 Å². The lowest BCUT2D eigenvalue weighted by molar-refractivity contribution is -0.284. The quantitative estimate of drug-likeness (QED) is 0.546. The van der Waals surface area contributed by atoms with E-state index in [2.05, 4.69) is 0 Å². The van der Waals surface area contributed by atoms with Crippen LogP contribution in [0.2, 0.25) is 0 Å². The fourth-order valence-corrected chi connectivity index (χ4v) is 0.513. The van der Waals surface area contributed by atoms with E-state index in [9.17, 15) is 26.3 Å². The van der Waals surface area contributed by atoms with Gasteiger partial charge in [-0.25, -0.2) is 0 Å². The summed E-state index contributed by atoms with van der Waals surface area (Å²) in [6.07, 6.45) is -14.6. The third kappa shape index (κ3) is 2.98. The Morgan fingerprint density at radius 2 is 1.36 bits per heavy atom. The molecule has 0 aromatic rings. The topological polar surface area (TPSA) is 0 Å².